The van der Waals surface area contributed by atoms with Crippen LogP contribution in [0.5, 0.6) is 0 Å². The lowest BCUT2D eigenvalue weighted by molar-refractivity contribution is -0.310. The van der Waals surface area contributed by atoms with Gasteiger partial charge in [0, 0.05) is 62.1 Å². The monoisotopic (exact) mass is 1370 g/mol. The molecule has 5 rings (SSSR count). The van der Waals surface area contributed by atoms with Gasteiger partial charge in [0.05, 0.1) is 168 Å². The number of hydrogen-bond acceptors (Lipinski definition) is 24. The zero-order chi connectivity index (χ0) is 67.6. The first-order valence-electron chi connectivity index (χ1n) is 32.0. The summed E-state index contributed by atoms with van der Waals surface area (Å²) in [6, 6.07) is 3.84. The van der Waals surface area contributed by atoms with E-state index in [-0.39, 0.29) is 68.2 Å². The summed E-state index contributed by atoms with van der Waals surface area (Å²) in [6.07, 6.45) is -3.49. The van der Waals surface area contributed by atoms with E-state index in [4.69, 9.17) is 52.1 Å². The second-order valence-electron chi connectivity index (χ2n) is 22.2. The zero-order valence-corrected chi connectivity index (χ0v) is 54.0. The first-order chi connectivity index (χ1) is 45.6. The first-order valence-corrected chi connectivity index (χ1v) is 33.1. The number of benzene rings is 1. The van der Waals surface area contributed by atoms with Crippen LogP contribution in [0.3, 0.4) is 0 Å². The molecule has 534 valence electrons. The molecule has 3 fully saturated rings. The lowest BCUT2D eigenvalue weighted by Crippen LogP contribution is -2.68. The topological polar surface area (TPSA) is 408 Å². The maximum atomic E-state index is 12.9. The smallest absolute Gasteiger partial charge is 0.364 e. The molecule has 0 saturated carbocycles. The van der Waals surface area contributed by atoms with Gasteiger partial charge in [-0.3, -0.25) is 19.2 Å². The van der Waals surface area contributed by atoms with Crippen molar-refractivity contribution in [2.24, 2.45) is 0 Å². The molecule has 3 aliphatic rings. The van der Waals surface area contributed by atoms with Gasteiger partial charge in [-0.2, -0.15) is 11.8 Å². The van der Waals surface area contributed by atoms with E-state index in [1.165, 1.54) is 24.3 Å². The van der Waals surface area contributed by atoms with Crippen LogP contribution in [0.4, 0.5) is 13.6 Å². The summed E-state index contributed by atoms with van der Waals surface area (Å²) in [5.41, 5.74) is 0.793. The van der Waals surface area contributed by atoms with Gasteiger partial charge in [-0.1, -0.05) is 48.7 Å². The van der Waals surface area contributed by atoms with Crippen LogP contribution in [0.1, 0.15) is 87.5 Å². The number of carbonyl (C=O) groups is 6. The summed E-state index contributed by atoms with van der Waals surface area (Å²) in [7, 11) is 0. The van der Waals surface area contributed by atoms with Crippen molar-refractivity contribution in [3.63, 3.8) is 0 Å². The Labute approximate surface area is 549 Å². The maximum absolute atomic E-state index is 12.9. The number of hydrogen-bond donors (Lipinski definition) is 11. The number of carboxylic acid groups (broad SMARTS) is 1. The molecule has 94 heavy (non-hydrogen) atoms. The highest BCUT2D eigenvalue weighted by molar-refractivity contribution is 8.00. The minimum Gasteiger partial charge on any atom is -0.477 e. The molecule has 6 amide bonds. The van der Waals surface area contributed by atoms with Crippen LogP contribution in [-0.2, 0) is 95.7 Å². The van der Waals surface area contributed by atoms with Gasteiger partial charge in [-0.25, -0.2) is 23.1 Å². The Hall–Kier alpha value is -5.41. The van der Waals surface area contributed by atoms with Crippen molar-refractivity contribution in [3.05, 3.63) is 47.3 Å². The van der Waals surface area contributed by atoms with Gasteiger partial charge < -0.3 is 110 Å². The van der Waals surface area contributed by atoms with E-state index in [2.05, 4.69) is 42.2 Å². The Kier molecular flexibility index (Phi) is 39.4. The highest BCUT2D eigenvalue weighted by atomic mass is 32.2. The lowest BCUT2D eigenvalue weighted by atomic mass is 9.88. The number of aromatic nitrogens is 3. The van der Waals surface area contributed by atoms with Crippen LogP contribution in [0, 0.1) is 0 Å². The number of nitrogens with zero attached hydrogens (tertiary/aromatic N) is 3. The predicted octanol–water partition coefficient (Wildman–Crippen LogP) is -0.721. The maximum Gasteiger partial charge on any atom is 0.364 e. The van der Waals surface area contributed by atoms with Crippen LogP contribution in [0.25, 0.3) is 0 Å². The summed E-state index contributed by atoms with van der Waals surface area (Å²) < 4.78 is 88.8. The molecule has 3 saturated heterocycles. The third-order valence-electron chi connectivity index (χ3n) is 14.9. The number of rotatable bonds is 55. The number of aliphatic carboxylic acids is 1. The van der Waals surface area contributed by atoms with Crippen molar-refractivity contribution in [2.45, 2.75) is 144 Å². The molecule has 0 aliphatic carbocycles. The van der Waals surface area contributed by atoms with E-state index in [0.29, 0.717) is 174 Å². The van der Waals surface area contributed by atoms with Gasteiger partial charge in [-0.05, 0) is 31.2 Å². The minimum atomic E-state index is -2.69. The number of urea groups is 1. The fourth-order valence-corrected chi connectivity index (χ4v) is 11.5. The fraction of sp³-hybridized carbons (Fsp3) is 0.767. The molecular formula is C60H97F2N9O22S. The van der Waals surface area contributed by atoms with Gasteiger partial charge in [-0.15, -0.1) is 5.10 Å². The molecule has 34 heteroatoms. The Morgan fingerprint density at radius 2 is 1.28 bits per heavy atom. The zero-order valence-electron chi connectivity index (χ0n) is 53.2. The number of thioether (sulfide) groups is 1. The fourth-order valence-electron chi connectivity index (χ4n) is 9.94. The molecule has 1 aromatic heterocycles. The van der Waals surface area contributed by atoms with E-state index in [0.717, 1.165) is 25.0 Å². The largest absolute Gasteiger partial charge is 0.477 e. The number of carbonyl (C=O) groups excluding carboxylic acids is 5. The van der Waals surface area contributed by atoms with E-state index in [9.17, 15) is 63.1 Å². The number of aliphatic hydroxyl groups excluding tert-OH is 4. The molecular weight excluding hydrogens is 1270 g/mol. The minimum absolute atomic E-state index is 0.0117. The molecule has 9 atom stereocenters. The summed E-state index contributed by atoms with van der Waals surface area (Å²) in [5, 5.41) is 77.5. The number of unbranched alkanes of at least 4 members (excludes halogenated alkanes) is 4. The predicted molar refractivity (Wildman–Crippen MR) is 330 cm³/mol. The summed E-state index contributed by atoms with van der Waals surface area (Å²) in [5.74, 6) is -4.98. The summed E-state index contributed by atoms with van der Waals surface area (Å²) in [4.78, 5) is 73.0. The Bertz CT molecular complexity index is 2470. The molecule has 0 bridgehead atoms. The van der Waals surface area contributed by atoms with Crippen LogP contribution in [-0.4, -0.2) is 281 Å². The van der Waals surface area contributed by atoms with Gasteiger partial charge >= 0.3 is 12.0 Å². The summed E-state index contributed by atoms with van der Waals surface area (Å²) >= 11 is 1.88. The highest BCUT2D eigenvalue weighted by Crippen LogP contribution is 2.35. The van der Waals surface area contributed by atoms with Crippen molar-refractivity contribution in [2.75, 3.05) is 151 Å². The molecule has 2 aromatic rings. The average Bonchev–Trinajstić information content (AvgIpc) is 1.03. The Morgan fingerprint density at radius 1 is 0.691 bits per heavy atom. The standard InChI is InChI=1S/C60H97F2N9O22S/c61-57(62)43-11-9-42(10-12-43)35-51(77)65-37-47(74)55(79)56-54(67-52(78)39-72)46(73)36-60(93-56,58(80)81)92-18-6-2-1-5-17-91-40-44-38-71(70-69-44)16-22-86-26-30-90-34-33-89-29-25-85-21-15-64-50(76)13-19-83-23-27-87-31-32-88-28-24-84-20-14-63-49(75)8-4-3-7-48-53-45(41-94-48)66-59(82)68-53/h9-12,38,45-48,53-57,72-74,79H,1-8,13-37,39-41H2,(H,63,75)(H,64,76)(H,65,77)(H,67,78)(H,80,81)(H2,66,68,82)/t45-,46+,47-,48-,53-,54-,55-,56-,60-/m1/s1. The van der Waals surface area contributed by atoms with Crippen molar-refractivity contribution >= 4 is 47.4 Å². The number of alkyl halides is 2. The molecule has 11 N–H and O–H groups in total. The normalized spacial score (nSPS) is 20.7. The number of ether oxygens (including phenoxy) is 11. The quantitative estimate of drug-likeness (QED) is 0.0287. The van der Waals surface area contributed by atoms with Crippen molar-refractivity contribution in [1.29, 1.82) is 0 Å². The average molecular weight is 1370 g/mol. The molecule has 31 nitrogen and oxygen atoms in total. The van der Waals surface area contributed by atoms with E-state index in [1.54, 1.807) is 10.9 Å². The van der Waals surface area contributed by atoms with Crippen LogP contribution >= 0.6 is 11.8 Å². The Morgan fingerprint density at radius 3 is 1.88 bits per heavy atom. The molecule has 0 radical (unpaired) electrons. The molecule has 0 spiro atoms. The third-order valence-corrected chi connectivity index (χ3v) is 16.5. The number of aliphatic hydroxyl groups is 4. The van der Waals surface area contributed by atoms with E-state index in [1.807, 2.05) is 11.8 Å². The SMILES string of the molecule is O=C(CCCC[C@H]1SC[C@H]2NC(=O)N[C@H]21)NCCOCCOCCOCCOCCC(=O)NCCOCCOCCOCCOCCn1cc(COCCCCCCO[C@]2(C(=O)O)C[C@H](O)[C@@H](NC(=O)CO)[C@H]([C@H](O)[C@H](O)CNC(=O)Cc3ccc(C(F)F)cc3)O2)nn1. The van der Waals surface area contributed by atoms with Gasteiger partial charge in [0.2, 0.25) is 23.6 Å². The second kappa shape index (κ2) is 46.7. The summed E-state index contributed by atoms with van der Waals surface area (Å²) in [6.45, 7) is 6.18. The number of nitrogens with one attached hydrogen (secondary N) is 6. The lowest BCUT2D eigenvalue weighted by Gasteiger charge is -2.46. The van der Waals surface area contributed by atoms with Crippen LogP contribution < -0.4 is 31.9 Å². The number of fused-ring (bicyclic) bond motifs is 1. The first kappa shape index (κ1) is 79.3. The Balaban J connectivity index is 0.748. The molecule has 4 heterocycles. The highest BCUT2D eigenvalue weighted by Gasteiger charge is 2.56. The van der Waals surface area contributed by atoms with E-state index >= 15 is 0 Å². The van der Waals surface area contributed by atoms with Crippen LogP contribution in [0.15, 0.2) is 30.5 Å². The molecule has 0 unspecified atom stereocenters. The van der Waals surface area contributed by atoms with Crippen LogP contribution in [0.2, 0.25) is 0 Å². The number of halogens is 2. The van der Waals surface area contributed by atoms with Crippen molar-refractivity contribution < 1.29 is 115 Å². The number of amides is 6. The van der Waals surface area contributed by atoms with Gasteiger partial charge in [0.25, 0.3) is 12.2 Å². The second-order valence-corrected chi connectivity index (χ2v) is 23.5. The van der Waals surface area contributed by atoms with Crippen molar-refractivity contribution in [1.82, 2.24) is 46.9 Å². The van der Waals surface area contributed by atoms with Gasteiger partial charge in [0.15, 0.2) is 0 Å². The number of carboxylic acids is 1. The van der Waals surface area contributed by atoms with Crippen molar-refractivity contribution in [3.8, 4) is 0 Å². The third kappa shape index (κ3) is 31.6. The molecule has 1 aromatic carbocycles. The van der Waals surface area contributed by atoms with Gasteiger partial charge in [0.1, 0.15) is 24.5 Å². The molecule has 3 aliphatic heterocycles. The van der Waals surface area contributed by atoms with E-state index < -0.39 is 80.0 Å².